The Morgan fingerprint density at radius 2 is 0.667 bits per heavy atom. The second-order valence-electron chi connectivity index (χ2n) is 6.22. The number of hydrogen-bond donors (Lipinski definition) is 0. The van der Waals surface area contributed by atoms with E-state index in [9.17, 15) is 0 Å². The van der Waals surface area contributed by atoms with Crippen LogP contribution in [-0.2, 0) is 19.6 Å². The van der Waals surface area contributed by atoms with E-state index in [-0.39, 0.29) is 0 Å². The molecule has 0 N–H and O–H groups in total. The lowest BCUT2D eigenvalue weighted by molar-refractivity contribution is 0.766. The molecule has 0 unspecified atom stereocenters. The van der Waals surface area contributed by atoms with Crippen molar-refractivity contribution in [2.24, 2.45) is 0 Å². The molecule has 0 aliphatic rings. The molecule has 0 aliphatic carbocycles. The molecule has 3 aromatic heterocycles. The second kappa shape index (κ2) is 6.67. The second-order valence-corrected chi connectivity index (χ2v) is 6.22. The van der Waals surface area contributed by atoms with Crippen molar-refractivity contribution in [1.29, 1.82) is 0 Å². The van der Waals surface area contributed by atoms with E-state index in [2.05, 4.69) is 105 Å². The first-order chi connectivity index (χ1) is 11.8. The summed E-state index contributed by atoms with van der Waals surface area (Å²) in [5, 5.41) is 0. The summed E-state index contributed by atoms with van der Waals surface area (Å²) in [6, 6.07) is 19.4. The molecular weight excluding hydrogens is 294 g/mol. The van der Waals surface area contributed by atoms with E-state index in [0.717, 1.165) is 19.6 Å². The van der Waals surface area contributed by atoms with Gasteiger partial charge in [0.05, 0.1) is 0 Å². The summed E-state index contributed by atoms with van der Waals surface area (Å²) in [5.41, 5.74) is 4.04. The molecule has 4 rings (SSSR count). The Morgan fingerprint density at radius 3 is 0.917 bits per heavy atom. The van der Waals surface area contributed by atoms with Crippen LogP contribution in [-0.4, -0.2) is 13.7 Å². The maximum Gasteiger partial charge on any atom is 0.0470 e. The molecule has 3 heterocycles. The highest BCUT2D eigenvalue weighted by molar-refractivity contribution is 5.31. The van der Waals surface area contributed by atoms with Gasteiger partial charge in [-0.15, -0.1) is 0 Å². The largest absolute Gasteiger partial charge is 0.350 e. The van der Waals surface area contributed by atoms with Gasteiger partial charge in [0, 0.05) is 56.8 Å². The molecule has 0 radical (unpaired) electrons. The van der Waals surface area contributed by atoms with Gasteiger partial charge < -0.3 is 13.7 Å². The Kier molecular flexibility index (Phi) is 4.07. The number of rotatable bonds is 6. The third kappa shape index (κ3) is 3.51. The smallest absolute Gasteiger partial charge is 0.0470 e. The van der Waals surface area contributed by atoms with Crippen LogP contribution < -0.4 is 0 Å². The molecule has 3 heteroatoms. The third-order valence-corrected chi connectivity index (χ3v) is 4.21. The summed E-state index contributed by atoms with van der Waals surface area (Å²) in [4.78, 5) is 0. The van der Waals surface area contributed by atoms with Crippen molar-refractivity contribution in [2.45, 2.75) is 19.6 Å². The van der Waals surface area contributed by atoms with Gasteiger partial charge in [0.1, 0.15) is 0 Å². The maximum absolute atomic E-state index is 2.32. The van der Waals surface area contributed by atoms with Crippen molar-refractivity contribution in [3.63, 3.8) is 0 Å². The molecule has 0 atom stereocenters. The highest BCUT2D eigenvalue weighted by atomic mass is 14.9. The van der Waals surface area contributed by atoms with Crippen LogP contribution in [0.3, 0.4) is 0 Å². The van der Waals surface area contributed by atoms with Crippen molar-refractivity contribution in [2.75, 3.05) is 0 Å². The zero-order valence-electron chi connectivity index (χ0n) is 13.6. The van der Waals surface area contributed by atoms with Crippen molar-refractivity contribution in [1.82, 2.24) is 13.7 Å². The lowest BCUT2D eigenvalue weighted by Gasteiger charge is -2.12. The quantitative estimate of drug-likeness (QED) is 0.506. The summed E-state index contributed by atoms with van der Waals surface area (Å²) in [7, 11) is 0. The Bertz CT molecular complexity index is 738. The molecule has 0 saturated carbocycles. The lowest BCUT2D eigenvalue weighted by Crippen LogP contribution is -2.04. The predicted molar refractivity (Wildman–Crippen MR) is 97.0 cm³/mol. The first-order valence-corrected chi connectivity index (χ1v) is 8.29. The minimum absolute atomic E-state index is 0.908. The Labute approximate surface area is 142 Å². The average molecular weight is 315 g/mol. The van der Waals surface area contributed by atoms with Crippen molar-refractivity contribution < 1.29 is 0 Å². The molecular formula is C21H21N3. The average Bonchev–Trinajstić information content (AvgIpc) is 3.30. The van der Waals surface area contributed by atoms with Gasteiger partial charge in [-0.25, -0.2) is 0 Å². The molecule has 0 bridgehead atoms. The summed E-state index contributed by atoms with van der Waals surface area (Å²) in [6.07, 6.45) is 12.7. The number of hydrogen-bond acceptors (Lipinski definition) is 0. The van der Waals surface area contributed by atoms with Crippen LogP contribution in [0.25, 0.3) is 0 Å². The fourth-order valence-electron chi connectivity index (χ4n) is 3.17. The van der Waals surface area contributed by atoms with E-state index in [1.54, 1.807) is 0 Å². The SMILES string of the molecule is c1ccn(Cc2cc(Cn3cccc3)cc(Cn3cccc3)c2)c1. The molecule has 24 heavy (non-hydrogen) atoms. The molecule has 1 aromatic carbocycles. The van der Waals surface area contributed by atoms with Gasteiger partial charge in [-0.3, -0.25) is 0 Å². The van der Waals surface area contributed by atoms with Crippen LogP contribution in [0.5, 0.6) is 0 Å². The summed E-state index contributed by atoms with van der Waals surface area (Å²) < 4.78 is 6.65. The molecule has 4 aromatic rings. The predicted octanol–water partition coefficient (Wildman–Crippen LogP) is 4.24. The van der Waals surface area contributed by atoms with E-state index in [1.807, 2.05) is 0 Å². The lowest BCUT2D eigenvalue weighted by atomic mass is 10.0. The molecule has 0 spiro atoms. The highest BCUT2D eigenvalue weighted by Crippen LogP contribution is 2.15. The van der Waals surface area contributed by atoms with Crippen LogP contribution in [0.4, 0.5) is 0 Å². The maximum atomic E-state index is 2.32. The van der Waals surface area contributed by atoms with Gasteiger partial charge in [-0.1, -0.05) is 18.2 Å². The first kappa shape index (κ1) is 14.6. The van der Waals surface area contributed by atoms with E-state index in [4.69, 9.17) is 0 Å². The van der Waals surface area contributed by atoms with Crippen LogP contribution in [0.2, 0.25) is 0 Å². The molecule has 0 amide bonds. The van der Waals surface area contributed by atoms with Crippen molar-refractivity contribution >= 4 is 0 Å². The molecule has 120 valence electrons. The van der Waals surface area contributed by atoms with Gasteiger partial charge in [0.25, 0.3) is 0 Å². The van der Waals surface area contributed by atoms with Gasteiger partial charge in [0.15, 0.2) is 0 Å². The van der Waals surface area contributed by atoms with E-state index < -0.39 is 0 Å². The monoisotopic (exact) mass is 315 g/mol. The van der Waals surface area contributed by atoms with E-state index in [0.29, 0.717) is 0 Å². The molecule has 0 saturated heterocycles. The summed E-state index contributed by atoms with van der Waals surface area (Å²) in [5.74, 6) is 0. The molecule has 0 aliphatic heterocycles. The van der Waals surface area contributed by atoms with Crippen LogP contribution in [0.1, 0.15) is 16.7 Å². The number of benzene rings is 1. The standard InChI is InChI=1S/C21H21N3/c1-2-8-22(7-1)16-19-13-20(17-23-9-3-4-10-23)15-21(14-19)18-24-11-5-6-12-24/h1-15H,16-18H2. The fraction of sp³-hybridized carbons (Fsp3) is 0.143. The minimum atomic E-state index is 0.908. The molecule has 3 nitrogen and oxygen atoms in total. The van der Waals surface area contributed by atoms with E-state index in [1.165, 1.54) is 16.7 Å². The highest BCUT2D eigenvalue weighted by Gasteiger charge is 2.04. The van der Waals surface area contributed by atoms with Crippen LogP contribution in [0, 0.1) is 0 Å². The topological polar surface area (TPSA) is 14.8 Å². The first-order valence-electron chi connectivity index (χ1n) is 8.29. The zero-order valence-corrected chi connectivity index (χ0v) is 13.6. The Hall–Kier alpha value is -2.94. The van der Waals surface area contributed by atoms with Gasteiger partial charge in [0.2, 0.25) is 0 Å². The third-order valence-electron chi connectivity index (χ3n) is 4.21. The summed E-state index contributed by atoms with van der Waals surface area (Å²) in [6.45, 7) is 2.72. The molecule has 0 fully saturated rings. The van der Waals surface area contributed by atoms with Crippen LogP contribution >= 0.6 is 0 Å². The van der Waals surface area contributed by atoms with E-state index >= 15 is 0 Å². The Balaban J connectivity index is 1.63. The van der Waals surface area contributed by atoms with Crippen molar-refractivity contribution in [3.8, 4) is 0 Å². The van der Waals surface area contributed by atoms with Gasteiger partial charge in [-0.05, 0) is 53.1 Å². The summed E-state index contributed by atoms with van der Waals surface area (Å²) >= 11 is 0. The zero-order chi connectivity index (χ0) is 16.2. The normalized spacial score (nSPS) is 11.0. The van der Waals surface area contributed by atoms with Gasteiger partial charge in [-0.2, -0.15) is 0 Å². The van der Waals surface area contributed by atoms with Crippen molar-refractivity contribution in [3.05, 3.63) is 108 Å². The number of aromatic nitrogens is 3. The fourth-order valence-corrected chi connectivity index (χ4v) is 3.17. The number of nitrogens with zero attached hydrogens (tertiary/aromatic N) is 3. The van der Waals surface area contributed by atoms with Gasteiger partial charge >= 0.3 is 0 Å². The Morgan fingerprint density at radius 1 is 0.417 bits per heavy atom. The van der Waals surface area contributed by atoms with Crippen LogP contribution in [0.15, 0.2) is 91.8 Å². The minimum Gasteiger partial charge on any atom is -0.350 e.